The Morgan fingerprint density at radius 1 is 0.909 bits per heavy atom. The van der Waals surface area contributed by atoms with Gasteiger partial charge in [0.2, 0.25) is 0 Å². The molecule has 0 aromatic heterocycles. The molecule has 3 heteroatoms. The van der Waals surface area contributed by atoms with Gasteiger partial charge in [0.1, 0.15) is 0 Å². The molecule has 0 amide bonds. The minimum atomic E-state index is -3.32. The Morgan fingerprint density at radius 3 is 1.73 bits per heavy atom. The monoisotopic (exact) mass is 321 g/mol. The second-order valence-electron chi connectivity index (χ2n) is 9.32. The Morgan fingerprint density at radius 2 is 1.36 bits per heavy atom. The predicted octanol–water partition coefficient (Wildman–Crippen LogP) is 5.64. The summed E-state index contributed by atoms with van der Waals surface area (Å²) in [5.41, 5.74) is 0.163. The maximum atomic E-state index is 16.3. The molecule has 0 saturated carbocycles. The Bertz CT molecular complexity index is 542. The smallest absolute Gasteiger partial charge is 0.288 e. The van der Waals surface area contributed by atoms with Crippen LogP contribution in [-0.4, -0.2) is 14.2 Å². The third kappa shape index (κ3) is 3.34. The summed E-state index contributed by atoms with van der Waals surface area (Å²) in [5.74, 6) is 0.0634. The Kier molecular flexibility index (Phi) is 4.85. The van der Waals surface area contributed by atoms with Crippen LogP contribution in [0.4, 0.5) is 4.11 Å². The van der Waals surface area contributed by atoms with Gasteiger partial charge >= 0.3 is 0 Å². The van der Waals surface area contributed by atoms with E-state index in [9.17, 15) is 4.79 Å². The molecular formula is C19H31FOSi. The Balaban J connectivity index is 3.52. The van der Waals surface area contributed by atoms with E-state index >= 15 is 4.11 Å². The van der Waals surface area contributed by atoms with E-state index in [4.69, 9.17) is 0 Å². The maximum absolute atomic E-state index is 16.3. The van der Waals surface area contributed by atoms with Crippen LogP contribution in [0.2, 0.25) is 10.1 Å². The van der Waals surface area contributed by atoms with E-state index < -0.39 is 23.9 Å². The average Bonchev–Trinajstić information content (AvgIpc) is 2.33. The highest BCUT2D eigenvalue weighted by Crippen LogP contribution is 2.51. The molecule has 0 radical (unpaired) electrons. The highest BCUT2D eigenvalue weighted by Gasteiger charge is 2.56. The van der Waals surface area contributed by atoms with Crippen LogP contribution >= 0.6 is 0 Å². The quantitative estimate of drug-likeness (QED) is 0.391. The molecule has 124 valence electrons. The van der Waals surface area contributed by atoms with E-state index in [-0.39, 0.29) is 5.78 Å². The zero-order chi connectivity index (χ0) is 17.6. The number of rotatable bonds is 2. The molecule has 22 heavy (non-hydrogen) atoms. The van der Waals surface area contributed by atoms with Crippen LogP contribution in [0.3, 0.4) is 0 Å². The van der Waals surface area contributed by atoms with Gasteiger partial charge in [0, 0.05) is 11.0 Å². The van der Waals surface area contributed by atoms with Crippen molar-refractivity contribution in [2.75, 3.05) is 0 Å². The molecule has 0 aliphatic carbocycles. The number of carbonyl (C=O) groups is 1. The van der Waals surface area contributed by atoms with E-state index in [0.717, 1.165) is 5.19 Å². The van der Waals surface area contributed by atoms with Gasteiger partial charge in [0.05, 0.1) is 0 Å². The van der Waals surface area contributed by atoms with Crippen molar-refractivity contribution in [3.8, 4) is 0 Å². The largest absolute Gasteiger partial charge is 0.307 e. The van der Waals surface area contributed by atoms with Gasteiger partial charge in [-0.15, -0.1) is 0 Å². The molecule has 0 bridgehead atoms. The van der Waals surface area contributed by atoms with E-state index in [2.05, 4.69) is 0 Å². The van der Waals surface area contributed by atoms with Crippen molar-refractivity contribution in [2.24, 2.45) is 5.41 Å². The normalized spacial score (nSPS) is 14.1. The highest BCUT2D eigenvalue weighted by molar-refractivity contribution is 6.90. The van der Waals surface area contributed by atoms with Gasteiger partial charge in [-0.1, -0.05) is 80.5 Å². The van der Waals surface area contributed by atoms with Gasteiger partial charge in [0.15, 0.2) is 5.78 Å². The van der Waals surface area contributed by atoms with Gasteiger partial charge in [-0.05, 0) is 21.3 Å². The van der Waals surface area contributed by atoms with Crippen molar-refractivity contribution in [2.45, 2.75) is 72.4 Å². The van der Waals surface area contributed by atoms with Gasteiger partial charge in [-0.25, -0.2) is 0 Å². The van der Waals surface area contributed by atoms with Crippen LogP contribution in [0.15, 0.2) is 24.3 Å². The van der Waals surface area contributed by atoms with E-state index in [1.54, 1.807) is 12.1 Å². The summed E-state index contributed by atoms with van der Waals surface area (Å²) >= 11 is 0. The number of benzene rings is 1. The zero-order valence-corrected chi connectivity index (χ0v) is 16.6. The fourth-order valence-corrected chi connectivity index (χ4v) is 7.96. The number of hydrogen-bond acceptors (Lipinski definition) is 1. The third-order valence-electron chi connectivity index (χ3n) is 4.27. The van der Waals surface area contributed by atoms with E-state index in [1.165, 1.54) is 0 Å². The molecule has 1 aromatic carbocycles. The minimum absolute atomic E-state index is 0.0634. The van der Waals surface area contributed by atoms with Gasteiger partial charge < -0.3 is 4.11 Å². The first-order valence-corrected chi connectivity index (χ1v) is 9.84. The lowest BCUT2D eigenvalue weighted by Crippen LogP contribution is -2.58. The van der Waals surface area contributed by atoms with Gasteiger partial charge in [0.25, 0.3) is 8.41 Å². The Labute approximate surface area is 136 Å². The molecule has 0 N–H and O–H groups in total. The number of ketones is 1. The summed E-state index contributed by atoms with van der Waals surface area (Å²) in [6, 6.07) is 7.29. The molecular weight excluding hydrogens is 290 g/mol. The molecule has 0 saturated heterocycles. The number of hydrogen-bond donors (Lipinski definition) is 0. The van der Waals surface area contributed by atoms with Gasteiger partial charge in [-0.3, -0.25) is 4.79 Å². The van der Waals surface area contributed by atoms with Crippen LogP contribution in [0, 0.1) is 5.41 Å². The lowest BCUT2D eigenvalue weighted by molar-refractivity contribution is 0.0858. The first kappa shape index (κ1) is 19.1. The fraction of sp³-hybridized carbons (Fsp3) is 0.632. The second kappa shape index (κ2) is 5.59. The molecule has 0 unspecified atom stereocenters. The molecule has 0 atom stereocenters. The van der Waals surface area contributed by atoms with E-state index in [1.807, 2.05) is 74.4 Å². The molecule has 0 spiro atoms. The van der Waals surface area contributed by atoms with Crippen LogP contribution in [-0.2, 0) is 0 Å². The van der Waals surface area contributed by atoms with Crippen LogP contribution in [0.5, 0.6) is 0 Å². The standard InChI is InChI=1S/C19H31FOSi/c1-17(2,3)16(21)14-11-10-12-15(13-14)22(20,18(4,5)6)19(7,8)9/h10-13H,1-9H3/i20-1. The molecule has 0 fully saturated rings. The number of Topliss-reactive ketones (excluding diaryl/α,β-unsaturated/α-hetero) is 1. The van der Waals surface area contributed by atoms with Gasteiger partial charge in [-0.2, -0.15) is 0 Å². The minimum Gasteiger partial charge on any atom is -0.307 e. The number of carbonyl (C=O) groups excluding carboxylic acids is 1. The molecule has 1 rings (SSSR count). The SMILES string of the molecule is CC(C)(C)C(=O)c1cccc([Si]([18F])(C(C)(C)C)C(C)(C)C)c1. The summed E-state index contributed by atoms with van der Waals surface area (Å²) in [4.78, 5) is 12.5. The van der Waals surface area contributed by atoms with Crippen molar-refractivity contribution < 1.29 is 8.90 Å². The van der Waals surface area contributed by atoms with Crippen LogP contribution in [0.25, 0.3) is 0 Å². The number of halogens is 1. The molecule has 0 aliphatic rings. The van der Waals surface area contributed by atoms with Crippen LogP contribution in [0.1, 0.15) is 72.7 Å². The van der Waals surface area contributed by atoms with Crippen molar-refractivity contribution in [3.63, 3.8) is 0 Å². The Hall–Kier alpha value is -0.963. The molecule has 1 nitrogen and oxygen atoms in total. The van der Waals surface area contributed by atoms with E-state index in [0.29, 0.717) is 5.56 Å². The summed E-state index contributed by atoms with van der Waals surface area (Å²) < 4.78 is 16.3. The predicted molar refractivity (Wildman–Crippen MR) is 96.2 cm³/mol. The van der Waals surface area contributed by atoms with Crippen LogP contribution < -0.4 is 5.19 Å². The highest BCUT2D eigenvalue weighted by atomic mass is 28.4. The lowest BCUT2D eigenvalue weighted by Gasteiger charge is -2.45. The first-order chi connectivity index (χ1) is 9.62. The average molecular weight is 322 g/mol. The van der Waals surface area contributed by atoms with Crippen molar-refractivity contribution >= 4 is 19.4 Å². The maximum Gasteiger partial charge on any atom is 0.288 e. The zero-order valence-electron chi connectivity index (χ0n) is 15.6. The summed E-state index contributed by atoms with van der Waals surface area (Å²) in [7, 11) is -3.32. The lowest BCUT2D eigenvalue weighted by atomic mass is 9.87. The summed E-state index contributed by atoms with van der Waals surface area (Å²) in [5, 5.41) is -0.147. The molecule has 0 heterocycles. The topological polar surface area (TPSA) is 17.1 Å². The second-order valence-corrected chi connectivity index (χ2v) is 14.2. The summed E-state index contributed by atoms with van der Waals surface area (Å²) in [6.07, 6.45) is 0. The third-order valence-corrected chi connectivity index (χ3v) is 9.51. The first-order valence-electron chi connectivity index (χ1n) is 7.96. The molecule has 0 aliphatic heterocycles. The fourth-order valence-electron chi connectivity index (χ4n) is 3.30. The van der Waals surface area contributed by atoms with Crippen molar-refractivity contribution in [1.82, 2.24) is 0 Å². The molecule has 1 aromatic rings. The summed E-state index contributed by atoms with van der Waals surface area (Å²) in [6.45, 7) is 17.5. The van der Waals surface area contributed by atoms with Crippen molar-refractivity contribution in [1.29, 1.82) is 0 Å². The van der Waals surface area contributed by atoms with Crippen molar-refractivity contribution in [3.05, 3.63) is 29.8 Å².